The number of ether oxygens (including phenoxy) is 4. The minimum absolute atomic E-state index is 0.150. The lowest BCUT2D eigenvalue weighted by atomic mass is 10.1. The fourth-order valence-corrected chi connectivity index (χ4v) is 4.10. The van der Waals surface area contributed by atoms with Gasteiger partial charge in [0.1, 0.15) is 23.6 Å². The molecule has 0 aliphatic heterocycles. The second kappa shape index (κ2) is 11.6. The average molecular weight is 540 g/mol. The van der Waals surface area contributed by atoms with Crippen LogP contribution in [0.3, 0.4) is 0 Å². The summed E-state index contributed by atoms with van der Waals surface area (Å²) in [6.45, 7) is 0.150. The third-order valence-electron chi connectivity index (χ3n) is 6.07. The maximum Gasteiger partial charge on any atom is 0.336 e. The summed E-state index contributed by atoms with van der Waals surface area (Å²) >= 11 is 0. The van der Waals surface area contributed by atoms with E-state index in [1.165, 1.54) is 26.4 Å². The van der Waals surface area contributed by atoms with Gasteiger partial charge in [0.15, 0.2) is 17.3 Å². The van der Waals surface area contributed by atoms with E-state index in [2.05, 4.69) is 10.3 Å². The van der Waals surface area contributed by atoms with Gasteiger partial charge in [-0.1, -0.05) is 17.3 Å². The monoisotopic (exact) mass is 539 g/mol. The molecule has 0 radical (unpaired) electrons. The largest absolute Gasteiger partial charge is 0.493 e. The molecule has 0 aliphatic carbocycles. The van der Waals surface area contributed by atoms with E-state index in [-0.39, 0.29) is 12.4 Å². The number of allylic oxidation sites excluding steroid dienone is 1. The van der Waals surface area contributed by atoms with Crippen molar-refractivity contribution in [3.8, 4) is 28.7 Å². The zero-order chi connectivity index (χ0) is 28.1. The van der Waals surface area contributed by atoms with Gasteiger partial charge >= 0.3 is 5.63 Å². The van der Waals surface area contributed by atoms with Gasteiger partial charge in [-0.3, -0.25) is 4.79 Å². The lowest BCUT2D eigenvalue weighted by Crippen LogP contribution is -2.00. The van der Waals surface area contributed by atoms with Crippen molar-refractivity contribution in [2.24, 2.45) is 0 Å². The Balaban J connectivity index is 1.29. The minimum atomic E-state index is -0.426. The third-order valence-corrected chi connectivity index (χ3v) is 6.07. The topological polar surface area (TPSA) is 115 Å². The van der Waals surface area contributed by atoms with E-state index < -0.39 is 5.63 Å². The summed E-state index contributed by atoms with van der Waals surface area (Å²) in [6, 6.07) is 18.9. The summed E-state index contributed by atoms with van der Waals surface area (Å²) < 4.78 is 28.8. The number of carbonyl (C=O) groups is 1. The molecule has 0 saturated carbocycles. The first-order chi connectivity index (χ1) is 19.5. The first kappa shape index (κ1) is 26.2. The van der Waals surface area contributed by atoms with Gasteiger partial charge in [-0.15, -0.1) is 5.10 Å². The van der Waals surface area contributed by atoms with E-state index in [0.29, 0.717) is 51.1 Å². The van der Waals surface area contributed by atoms with Crippen molar-refractivity contribution in [3.05, 3.63) is 106 Å². The summed E-state index contributed by atoms with van der Waals surface area (Å²) in [5.41, 5.74) is 2.39. The fraction of sp³-hybridized carbons (Fsp3) is 0.133. The molecule has 0 atom stereocenters. The van der Waals surface area contributed by atoms with E-state index in [0.717, 1.165) is 5.39 Å². The van der Waals surface area contributed by atoms with Crippen LogP contribution >= 0.6 is 0 Å². The maximum absolute atomic E-state index is 13.0. The van der Waals surface area contributed by atoms with Gasteiger partial charge < -0.3 is 23.4 Å². The smallest absolute Gasteiger partial charge is 0.336 e. The highest BCUT2D eigenvalue weighted by Crippen LogP contribution is 2.40. The Morgan fingerprint density at radius 3 is 2.58 bits per heavy atom. The Hall–Kier alpha value is -5.38. The Bertz CT molecular complexity index is 1770. The molecule has 0 amide bonds. The van der Waals surface area contributed by atoms with Crippen molar-refractivity contribution in [2.45, 2.75) is 6.61 Å². The molecule has 2 aromatic heterocycles. The molecule has 40 heavy (non-hydrogen) atoms. The van der Waals surface area contributed by atoms with Crippen LogP contribution in [0.4, 0.5) is 0 Å². The Morgan fingerprint density at radius 2 is 1.77 bits per heavy atom. The summed E-state index contributed by atoms with van der Waals surface area (Å²) in [6.07, 6.45) is 4.85. The molecule has 0 fully saturated rings. The lowest BCUT2D eigenvalue weighted by Gasteiger charge is -2.13. The molecule has 3 aromatic carbocycles. The molecule has 10 nitrogen and oxygen atoms in total. The molecule has 0 N–H and O–H groups in total. The molecule has 5 aromatic rings. The van der Waals surface area contributed by atoms with Gasteiger partial charge in [-0.25, -0.2) is 9.48 Å². The molecular weight excluding hydrogens is 514 g/mol. The van der Waals surface area contributed by atoms with E-state index in [9.17, 15) is 9.59 Å². The predicted octanol–water partition coefficient (Wildman–Crippen LogP) is 4.87. The SMILES string of the molecule is COc1ccc(/C=C/C(=O)c2cccc(-n3cc(COc4ccc5ccc(=O)oc5c4)nn3)c2)c(OC)c1OC. The van der Waals surface area contributed by atoms with Gasteiger partial charge in [0.05, 0.1) is 33.2 Å². The van der Waals surface area contributed by atoms with Crippen LogP contribution in [0.25, 0.3) is 22.7 Å². The van der Waals surface area contributed by atoms with Crippen LogP contribution in [-0.2, 0) is 6.61 Å². The highest BCUT2D eigenvalue weighted by molar-refractivity contribution is 6.07. The highest BCUT2D eigenvalue weighted by atomic mass is 16.5. The van der Waals surface area contributed by atoms with E-state index in [1.54, 1.807) is 72.6 Å². The van der Waals surface area contributed by atoms with Crippen LogP contribution in [-0.4, -0.2) is 42.1 Å². The summed E-state index contributed by atoms with van der Waals surface area (Å²) in [5.74, 6) is 1.76. The Kier molecular flexibility index (Phi) is 7.58. The van der Waals surface area contributed by atoms with Crippen LogP contribution < -0.4 is 24.6 Å². The Morgan fingerprint density at radius 1 is 0.950 bits per heavy atom. The number of benzene rings is 3. The fourth-order valence-electron chi connectivity index (χ4n) is 4.10. The van der Waals surface area contributed by atoms with Crippen molar-refractivity contribution in [2.75, 3.05) is 21.3 Å². The number of hydrogen-bond donors (Lipinski definition) is 0. The molecule has 202 valence electrons. The zero-order valence-electron chi connectivity index (χ0n) is 22.0. The summed E-state index contributed by atoms with van der Waals surface area (Å²) in [7, 11) is 4.59. The third kappa shape index (κ3) is 5.56. The van der Waals surface area contributed by atoms with Crippen LogP contribution in [0.1, 0.15) is 21.6 Å². The van der Waals surface area contributed by atoms with Gasteiger partial charge in [0, 0.05) is 28.6 Å². The van der Waals surface area contributed by atoms with Crippen LogP contribution in [0, 0.1) is 0 Å². The molecule has 0 spiro atoms. The number of rotatable bonds is 10. The molecule has 0 saturated heterocycles. The normalized spacial score (nSPS) is 11.1. The molecule has 5 rings (SSSR count). The predicted molar refractivity (Wildman–Crippen MR) is 148 cm³/mol. The molecule has 0 aliphatic rings. The van der Waals surface area contributed by atoms with Crippen molar-refractivity contribution in [1.82, 2.24) is 15.0 Å². The quantitative estimate of drug-likeness (QED) is 0.139. The number of ketones is 1. The maximum atomic E-state index is 13.0. The molecular formula is C30H25N3O7. The van der Waals surface area contributed by atoms with Crippen LogP contribution in [0.15, 0.2) is 88.2 Å². The van der Waals surface area contributed by atoms with Gasteiger partial charge in [0.25, 0.3) is 0 Å². The van der Waals surface area contributed by atoms with Crippen LogP contribution in [0.5, 0.6) is 23.0 Å². The van der Waals surface area contributed by atoms with E-state index >= 15 is 0 Å². The van der Waals surface area contributed by atoms with Gasteiger partial charge in [0.2, 0.25) is 5.75 Å². The molecule has 10 heteroatoms. The van der Waals surface area contributed by atoms with E-state index in [1.807, 2.05) is 12.1 Å². The molecule has 2 heterocycles. The van der Waals surface area contributed by atoms with Crippen LogP contribution in [0.2, 0.25) is 0 Å². The number of hydrogen-bond acceptors (Lipinski definition) is 9. The number of aromatic nitrogens is 3. The average Bonchev–Trinajstić information content (AvgIpc) is 3.47. The number of fused-ring (bicyclic) bond motifs is 1. The lowest BCUT2D eigenvalue weighted by molar-refractivity contribution is 0.104. The van der Waals surface area contributed by atoms with Crippen molar-refractivity contribution < 1.29 is 28.2 Å². The summed E-state index contributed by atoms with van der Waals surface area (Å²) in [5, 5.41) is 9.13. The van der Waals surface area contributed by atoms with Crippen molar-refractivity contribution >= 4 is 22.8 Å². The first-order valence-electron chi connectivity index (χ1n) is 12.2. The van der Waals surface area contributed by atoms with Crippen molar-refractivity contribution in [1.29, 1.82) is 0 Å². The second-order valence-corrected chi connectivity index (χ2v) is 8.57. The Labute approximate surface area is 229 Å². The molecule has 0 unspecified atom stereocenters. The number of methoxy groups -OCH3 is 3. The molecule has 0 bridgehead atoms. The highest BCUT2D eigenvalue weighted by Gasteiger charge is 2.15. The van der Waals surface area contributed by atoms with Crippen molar-refractivity contribution in [3.63, 3.8) is 0 Å². The van der Waals surface area contributed by atoms with E-state index in [4.69, 9.17) is 23.4 Å². The minimum Gasteiger partial charge on any atom is -0.493 e. The standard InChI is InChI=1S/C30H25N3O7/c1-36-26-13-9-20(29(37-2)30(26)38-3)8-12-25(34)21-5-4-6-23(15-21)33-17-22(31-32-33)18-39-24-11-7-19-10-14-28(35)40-27(19)16-24/h4-17H,18H2,1-3H3/b12-8+. The number of carbonyl (C=O) groups excluding carboxylic acids is 1. The van der Waals surface area contributed by atoms with Gasteiger partial charge in [-0.2, -0.15) is 0 Å². The van der Waals surface area contributed by atoms with Gasteiger partial charge in [-0.05, 0) is 54.6 Å². The second-order valence-electron chi connectivity index (χ2n) is 8.57. The summed E-state index contributed by atoms with van der Waals surface area (Å²) in [4.78, 5) is 24.5. The zero-order valence-corrected chi connectivity index (χ0v) is 22.0. The number of nitrogens with zero attached hydrogens (tertiary/aromatic N) is 3. The first-order valence-corrected chi connectivity index (χ1v) is 12.2.